The molecule has 0 saturated heterocycles. The highest BCUT2D eigenvalue weighted by Crippen LogP contribution is 2.34. The molecule has 3 N–H and O–H groups in total. The third kappa shape index (κ3) is 4.15. The molecule has 1 amide bonds. The number of ether oxygens (including phenoxy) is 1. The van der Waals surface area contributed by atoms with Crippen molar-refractivity contribution in [2.24, 2.45) is 0 Å². The van der Waals surface area contributed by atoms with Gasteiger partial charge in [0.25, 0.3) is 5.91 Å². The molecule has 0 saturated carbocycles. The van der Waals surface area contributed by atoms with Gasteiger partial charge in [0.15, 0.2) is 5.13 Å². The highest BCUT2D eigenvalue weighted by atomic mass is 32.1. The zero-order valence-electron chi connectivity index (χ0n) is 17.0. The van der Waals surface area contributed by atoms with Crippen LogP contribution in [0.1, 0.15) is 10.4 Å². The van der Waals surface area contributed by atoms with E-state index >= 15 is 0 Å². The molecule has 5 aromatic rings. The van der Waals surface area contributed by atoms with E-state index in [0.29, 0.717) is 36.1 Å². The number of benzene rings is 3. The number of nitrogens with zero attached hydrogens (tertiary/aromatic N) is 2. The number of nitrogens with one attached hydrogen (secondary N) is 2. The summed E-state index contributed by atoms with van der Waals surface area (Å²) >= 11 is 3.00. The molecule has 9 heteroatoms. The van der Waals surface area contributed by atoms with E-state index < -0.39 is 0 Å². The average molecular weight is 465 g/mol. The van der Waals surface area contributed by atoms with Crippen molar-refractivity contribution in [3.05, 3.63) is 59.6 Å². The molecule has 0 atom stereocenters. The molecule has 2 heterocycles. The predicted molar refractivity (Wildman–Crippen MR) is 130 cm³/mol. The van der Waals surface area contributed by atoms with Crippen LogP contribution in [0.15, 0.2) is 54.0 Å². The predicted octanol–water partition coefficient (Wildman–Crippen LogP) is 4.27. The second-order valence-electron chi connectivity index (χ2n) is 7.10. The average Bonchev–Trinajstić information content (AvgIpc) is 3.44. The van der Waals surface area contributed by atoms with Gasteiger partial charge in [-0.05, 0) is 35.0 Å². The van der Waals surface area contributed by atoms with Crippen molar-refractivity contribution < 1.29 is 14.6 Å². The van der Waals surface area contributed by atoms with Crippen LogP contribution in [-0.4, -0.2) is 47.3 Å². The first-order chi connectivity index (χ1) is 15.7. The summed E-state index contributed by atoms with van der Waals surface area (Å²) in [6, 6.07) is 15.5. The minimum absolute atomic E-state index is 0.0685. The Morgan fingerprint density at radius 3 is 2.78 bits per heavy atom. The SMILES string of the molecule is O=C(Nc1nc2ccc3scnc3c2s1)c1cc2ccccc2cc1OCCNCCO. The Balaban J connectivity index is 1.43. The van der Waals surface area contributed by atoms with Gasteiger partial charge in [-0.15, -0.1) is 11.3 Å². The lowest BCUT2D eigenvalue weighted by atomic mass is 10.1. The van der Waals surface area contributed by atoms with Gasteiger partial charge in [-0.3, -0.25) is 10.1 Å². The number of fused-ring (bicyclic) bond motifs is 4. The standard InChI is InChI=1S/C23H20N4O3S2/c28-9-7-24-8-10-30-18-12-15-4-2-1-3-14(15)11-16(18)22(29)27-23-26-17-5-6-19-20(21(17)32-23)25-13-31-19/h1-6,11-13,24,28H,7-10H2,(H,26,27,29). The maximum Gasteiger partial charge on any atom is 0.261 e. The summed E-state index contributed by atoms with van der Waals surface area (Å²) in [5.41, 5.74) is 3.99. The van der Waals surface area contributed by atoms with E-state index in [1.54, 1.807) is 11.3 Å². The van der Waals surface area contributed by atoms with Gasteiger partial charge in [-0.2, -0.15) is 0 Å². The number of thiazole rings is 2. The zero-order chi connectivity index (χ0) is 21.9. The first kappa shape index (κ1) is 20.8. The van der Waals surface area contributed by atoms with Gasteiger partial charge in [-0.1, -0.05) is 35.6 Å². The van der Waals surface area contributed by atoms with Gasteiger partial charge >= 0.3 is 0 Å². The third-order valence-corrected chi connectivity index (χ3v) is 6.78. The van der Waals surface area contributed by atoms with Crippen molar-refractivity contribution in [1.82, 2.24) is 15.3 Å². The van der Waals surface area contributed by atoms with E-state index in [9.17, 15) is 4.79 Å². The van der Waals surface area contributed by atoms with E-state index in [-0.39, 0.29) is 12.5 Å². The topological polar surface area (TPSA) is 96.4 Å². The van der Waals surface area contributed by atoms with Gasteiger partial charge in [0, 0.05) is 13.1 Å². The number of anilines is 1. The number of hydrogen-bond donors (Lipinski definition) is 3. The molecule has 3 aromatic carbocycles. The normalized spacial score (nSPS) is 11.4. The molecule has 162 valence electrons. The Hall–Kier alpha value is -3.11. The molecule has 2 aromatic heterocycles. The molecule has 7 nitrogen and oxygen atoms in total. The number of rotatable bonds is 8. The number of hydrogen-bond acceptors (Lipinski definition) is 8. The Labute approximate surface area is 191 Å². The summed E-state index contributed by atoms with van der Waals surface area (Å²) in [4.78, 5) is 22.2. The minimum atomic E-state index is -0.275. The van der Waals surface area contributed by atoms with E-state index in [4.69, 9.17) is 9.84 Å². The fourth-order valence-corrected chi connectivity index (χ4v) is 5.19. The molecule has 0 fully saturated rings. The number of carbonyl (C=O) groups is 1. The van der Waals surface area contributed by atoms with Crippen LogP contribution >= 0.6 is 22.7 Å². The maximum atomic E-state index is 13.2. The Morgan fingerprint density at radius 2 is 1.94 bits per heavy atom. The van der Waals surface area contributed by atoms with Crippen LogP contribution in [0.3, 0.4) is 0 Å². The smallest absolute Gasteiger partial charge is 0.261 e. The fraction of sp³-hybridized carbons (Fsp3) is 0.174. The highest BCUT2D eigenvalue weighted by Gasteiger charge is 2.17. The Morgan fingerprint density at radius 1 is 1.09 bits per heavy atom. The van der Waals surface area contributed by atoms with Gasteiger partial charge < -0.3 is 15.2 Å². The molecule has 0 spiro atoms. The fourth-order valence-electron chi connectivity index (χ4n) is 3.48. The van der Waals surface area contributed by atoms with Crippen LogP contribution in [0, 0.1) is 0 Å². The summed E-state index contributed by atoms with van der Waals surface area (Å²) in [6.45, 7) is 1.51. The van der Waals surface area contributed by atoms with Crippen molar-refractivity contribution in [3.63, 3.8) is 0 Å². The summed E-state index contributed by atoms with van der Waals surface area (Å²) < 4.78 is 7.98. The number of aromatic nitrogens is 2. The second-order valence-corrected chi connectivity index (χ2v) is 8.99. The van der Waals surface area contributed by atoms with Gasteiger partial charge in [0.2, 0.25) is 0 Å². The van der Waals surface area contributed by atoms with Gasteiger partial charge in [0.1, 0.15) is 17.9 Å². The molecule has 0 aliphatic heterocycles. The Bertz CT molecular complexity index is 1410. The number of aliphatic hydroxyl groups is 1. The quantitative estimate of drug-likeness (QED) is 0.297. The van der Waals surface area contributed by atoms with Crippen LogP contribution in [0.2, 0.25) is 0 Å². The summed E-state index contributed by atoms with van der Waals surface area (Å²) in [5.74, 6) is 0.234. The molecule has 5 rings (SSSR count). The van der Waals surface area contributed by atoms with E-state index in [2.05, 4.69) is 20.6 Å². The first-order valence-corrected chi connectivity index (χ1v) is 11.8. The number of amides is 1. The third-order valence-electron chi connectivity index (χ3n) is 4.99. The van der Waals surface area contributed by atoms with Crippen LogP contribution < -0.4 is 15.4 Å². The molecular formula is C23H20N4O3S2. The molecule has 32 heavy (non-hydrogen) atoms. The Kier molecular flexibility index (Phi) is 5.95. The zero-order valence-corrected chi connectivity index (χ0v) is 18.6. The van der Waals surface area contributed by atoms with E-state index in [1.165, 1.54) is 11.3 Å². The summed E-state index contributed by atoms with van der Waals surface area (Å²) in [6.07, 6.45) is 0. The van der Waals surface area contributed by atoms with Crippen LogP contribution in [0.25, 0.3) is 31.2 Å². The summed E-state index contributed by atoms with van der Waals surface area (Å²) in [7, 11) is 0. The van der Waals surface area contributed by atoms with E-state index in [1.807, 2.05) is 54.0 Å². The second kappa shape index (κ2) is 9.17. The van der Waals surface area contributed by atoms with Crippen molar-refractivity contribution in [2.75, 3.05) is 31.6 Å². The van der Waals surface area contributed by atoms with Crippen molar-refractivity contribution in [3.8, 4) is 5.75 Å². The lowest BCUT2D eigenvalue weighted by Gasteiger charge is -2.13. The maximum absolute atomic E-state index is 13.2. The monoisotopic (exact) mass is 464 g/mol. The largest absolute Gasteiger partial charge is 0.491 e. The van der Waals surface area contributed by atoms with Crippen molar-refractivity contribution in [2.45, 2.75) is 0 Å². The molecule has 0 radical (unpaired) electrons. The van der Waals surface area contributed by atoms with Crippen LogP contribution in [-0.2, 0) is 0 Å². The van der Waals surface area contributed by atoms with Crippen molar-refractivity contribution >= 4 is 64.9 Å². The van der Waals surface area contributed by atoms with Crippen LogP contribution in [0.5, 0.6) is 5.75 Å². The lowest BCUT2D eigenvalue weighted by molar-refractivity contribution is 0.102. The highest BCUT2D eigenvalue weighted by molar-refractivity contribution is 7.24. The van der Waals surface area contributed by atoms with Crippen molar-refractivity contribution in [1.29, 1.82) is 0 Å². The van der Waals surface area contributed by atoms with Crippen LogP contribution in [0.4, 0.5) is 5.13 Å². The molecule has 0 bridgehead atoms. The molecule has 0 aliphatic rings. The summed E-state index contributed by atoms with van der Waals surface area (Å²) in [5, 5.41) is 17.4. The molecule has 0 aliphatic carbocycles. The number of aliphatic hydroxyl groups excluding tert-OH is 1. The van der Waals surface area contributed by atoms with E-state index in [0.717, 1.165) is 31.2 Å². The van der Waals surface area contributed by atoms with Gasteiger partial charge in [0.05, 0.1) is 32.6 Å². The number of carbonyl (C=O) groups excluding carboxylic acids is 1. The van der Waals surface area contributed by atoms with Gasteiger partial charge in [-0.25, -0.2) is 9.97 Å². The molecular weight excluding hydrogens is 444 g/mol. The minimum Gasteiger partial charge on any atom is -0.491 e. The lowest BCUT2D eigenvalue weighted by Crippen LogP contribution is -2.24. The molecule has 0 unspecified atom stereocenters. The first-order valence-electron chi connectivity index (χ1n) is 10.1.